The van der Waals surface area contributed by atoms with Gasteiger partial charge in [0.05, 0.1) is 11.3 Å². The Morgan fingerprint density at radius 3 is 2.40 bits per heavy atom. The van der Waals surface area contributed by atoms with Gasteiger partial charge in [-0.05, 0) is 19.1 Å². The molecule has 1 aromatic heterocycles. The summed E-state index contributed by atoms with van der Waals surface area (Å²) in [6.07, 6.45) is 0. The molecule has 0 aliphatic heterocycles. The van der Waals surface area contributed by atoms with Crippen LogP contribution in [-0.2, 0) is 0 Å². The second kappa shape index (κ2) is 5.20. The van der Waals surface area contributed by atoms with Crippen molar-refractivity contribution in [3.8, 4) is 0 Å². The van der Waals surface area contributed by atoms with E-state index in [1.807, 2.05) is 0 Å². The summed E-state index contributed by atoms with van der Waals surface area (Å²) in [5, 5.41) is 11.3. The van der Waals surface area contributed by atoms with Gasteiger partial charge in [0, 0.05) is 17.8 Å². The van der Waals surface area contributed by atoms with Crippen LogP contribution in [0.4, 0.5) is 24.7 Å². The number of aromatic nitrogens is 1. The predicted octanol–water partition coefficient (Wildman–Crippen LogP) is 3.25. The number of hydrogen-bond acceptors (Lipinski definition) is 3. The second-order valence-electron chi connectivity index (χ2n) is 4.06. The second-order valence-corrected chi connectivity index (χ2v) is 4.06. The quantitative estimate of drug-likeness (QED) is 0.848. The van der Waals surface area contributed by atoms with E-state index in [-0.39, 0.29) is 17.1 Å². The highest BCUT2D eigenvalue weighted by molar-refractivity contribution is 5.88. The first-order valence-corrected chi connectivity index (χ1v) is 5.50. The molecule has 0 bridgehead atoms. The zero-order valence-corrected chi connectivity index (χ0v) is 10.2. The van der Waals surface area contributed by atoms with E-state index < -0.39 is 23.4 Å². The zero-order valence-electron chi connectivity index (χ0n) is 10.2. The molecule has 104 valence electrons. The molecule has 2 N–H and O–H groups in total. The molecule has 1 aromatic carbocycles. The molecule has 0 saturated carbocycles. The number of anilines is 2. The van der Waals surface area contributed by atoms with Gasteiger partial charge in [0.1, 0.15) is 11.6 Å². The molecule has 0 aliphatic carbocycles. The first kappa shape index (κ1) is 13.9. The molecular formula is C13H9F3N2O2. The van der Waals surface area contributed by atoms with Gasteiger partial charge in [-0.3, -0.25) is 0 Å². The Morgan fingerprint density at radius 2 is 1.75 bits per heavy atom. The molecular weight excluding hydrogens is 273 g/mol. The highest BCUT2D eigenvalue weighted by Crippen LogP contribution is 2.22. The first-order valence-electron chi connectivity index (χ1n) is 5.50. The standard InChI is InChI=1S/C13H9F3N2O2/c1-6-2-7(13(19)20)3-12(17-6)18-11-5-9(15)8(14)4-10(11)16/h2-5H,1H3,(H,17,18)(H,19,20). The van der Waals surface area contributed by atoms with Crippen molar-refractivity contribution >= 4 is 17.5 Å². The van der Waals surface area contributed by atoms with Gasteiger partial charge in [0.15, 0.2) is 11.6 Å². The van der Waals surface area contributed by atoms with E-state index in [0.717, 1.165) is 6.07 Å². The van der Waals surface area contributed by atoms with Crippen LogP contribution in [0.15, 0.2) is 24.3 Å². The Bertz CT molecular complexity index is 690. The Hall–Kier alpha value is -2.57. The lowest BCUT2D eigenvalue weighted by atomic mass is 10.2. The summed E-state index contributed by atoms with van der Waals surface area (Å²) in [4.78, 5) is 14.8. The minimum atomic E-state index is -1.31. The number of carboxylic acids is 1. The summed E-state index contributed by atoms with van der Waals surface area (Å²) in [5.74, 6) is -4.70. The fourth-order valence-corrected chi connectivity index (χ4v) is 1.61. The average Bonchev–Trinajstić information content (AvgIpc) is 2.35. The third-order valence-electron chi connectivity index (χ3n) is 2.47. The molecule has 7 heteroatoms. The molecule has 2 rings (SSSR count). The van der Waals surface area contributed by atoms with E-state index in [1.54, 1.807) is 6.92 Å². The predicted molar refractivity (Wildman–Crippen MR) is 65.5 cm³/mol. The minimum absolute atomic E-state index is 0.0207. The first-order chi connectivity index (χ1) is 9.36. The van der Waals surface area contributed by atoms with Gasteiger partial charge >= 0.3 is 5.97 Å². The number of nitrogens with zero attached hydrogens (tertiary/aromatic N) is 1. The Balaban J connectivity index is 2.40. The van der Waals surface area contributed by atoms with Crippen LogP contribution < -0.4 is 5.32 Å². The summed E-state index contributed by atoms with van der Waals surface area (Å²) in [5.41, 5.74) is -0.00303. The van der Waals surface area contributed by atoms with E-state index in [2.05, 4.69) is 10.3 Å². The number of pyridine rings is 1. The van der Waals surface area contributed by atoms with Crippen LogP contribution in [0.2, 0.25) is 0 Å². The number of carbonyl (C=O) groups is 1. The number of nitrogens with one attached hydrogen (secondary N) is 1. The van der Waals surface area contributed by atoms with Gasteiger partial charge in [-0.25, -0.2) is 22.9 Å². The number of benzene rings is 1. The van der Waals surface area contributed by atoms with E-state index in [0.29, 0.717) is 17.8 Å². The summed E-state index contributed by atoms with van der Waals surface area (Å²) in [7, 11) is 0. The number of rotatable bonds is 3. The van der Waals surface area contributed by atoms with Crippen molar-refractivity contribution in [3.63, 3.8) is 0 Å². The molecule has 0 amide bonds. The van der Waals surface area contributed by atoms with Gasteiger partial charge in [0.25, 0.3) is 0 Å². The largest absolute Gasteiger partial charge is 0.478 e. The summed E-state index contributed by atoms with van der Waals surface area (Å²) < 4.78 is 39.3. The fourth-order valence-electron chi connectivity index (χ4n) is 1.61. The Kier molecular flexibility index (Phi) is 3.60. The summed E-state index contributed by atoms with van der Waals surface area (Å²) in [6.45, 7) is 1.55. The lowest BCUT2D eigenvalue weighted by Crippen LogP contribution is -2.03. The van der Waals surface area contributed by atoms with Crippen molar-refractivity contribution in [2.24, 2.45) is 0 Å². The van der Waals surface area contributed by atoms with Crippen LogP contribution in [0.25, 0.3) is 0 Å². The Labute approximate surface area is 111 Å². The molecule has 4 nitrogen and oxygen atoms in total. The zero-order chi connectivity index (χ0) is 14.9. The van der Waals surface area contributed by atoms with Crippen LogP contribution in [0.1, 0.15) is 16.1 Å². The summed E-state index contributed by atoms with van der Waals surface area (Å²) >= 11 is 0. The number of aryl methyl sites for hydroxylation is 1. The molecule has 20 heavy (non-hydrogen) atoms. The van der Waals surface area contributed by atoms with E-state index in [4.69, 9.17) is 5.11 Å². The lowest BCUT2D eigenvalue weighted by molar-refractivity contribution is 0.0696. The van der Waals surface area contributed by atoms with E-state index in [1.165, 1.54) is 6.07 Å². The van der Waals surface area contributed by atoms with Crippen molar-refractivity contribution in [2.45, 2.75) is 6.92 Å². The third-order valence-corrected chi connectivity index (χ3v) is 2.47. The van der Waals surface area contributed by atoms with E-state index >= 15 is 0 Å². The molecule has 0 unspecified atom stereocenters. The van der Waals surface area contributed by atoms with Crippen molar-refractivity contribution < 1.29 is 23.1 Å². The Morgan fingerprint density at radius 1 is 1.10 bits per heavy atom. The minimum Gasteiger partial charge on any atom is -0.478 e. The molecule has 2 aromatic rings. The molecule has 0 fully saturated rings. The van der Waals surface area contributed by atoms with Crippen LogP contribution in [-0.4, -0.2) is 16.1 Å². The maximum atomic E-state index is 13.5. The number of halogens is 3. The average molecular weight is 282 g/mol. The SMILES string of the molecule is Cc1cc(C(=O)O)cc(Nc2cc(F)c(F)cc2F)n1. The maximum absolute atomic E-state index is 13.5. The van der Waals surface area contributed by atoms with Crippen molar-refractivity contribution in [3.05, 3.63) is 53.0 Å². The van der Waals surface area contributed by atoms with Crippen LogP contribution in [0.3, 0.4) is 0 Å². The number of aromatic carboxylic acids is 1. The molecule has 1 heterocycles. The fraction of sp³-hybridized carbons (Fsp3) is 0.0769. The highest BCUT2D eigenvalue weighted by Gasteiger charge is 2.12. The topological polar surface area (TPSA) is 62.2 Å². The van der Waals surface area contributed by atoms with Crippen molar-refractivity contribution in [2.75, 3.05) is 5.32 Å². The molecule has 0 saturated heterocycles. The number of carboxylic acid groups (broad SMARTS) is 1. The molecule has 0 radical (unpaired) electrons. The van der Waals surface area contributed by atoms with Gasteiger partial charge < -0.3 is 10.4 Å². The molecule has 0 atom stereocenters. The van der Waals surface area contributed by atoms with Crippen molar-refractivity contribution in [1.82, 2.24) is 4.98 Å². The van der Waals surface area contributed by atoms with Gasteiger partial charge in [-0.2, -0.15) is 0 Å². The number of hydrogen-bond donors (Lipinski definition) is 2. The highest BCUT2D eigenvalue weighted by atomic mass is 19.2. The molecule has 0 spiro atoms. The van der Waals surface area contributed by atoms with Crippen molar-refractivity contribution in [1.29, 1.82) is 0 Å². The summed E-state index contributed by atoms with van der Waals surface area (Å²) in [6, 6.07) is 3.52. The van der Waals surface area contributed by atoms with Gasteiger partial charge in [0.2, 0.25) is 0 Å². The smallest absolute Gasteiger partial charge is 0.335 e. The van der Waals surface area contributed by atoms with Crippen LogP contribution in [0.5, 0.6) is 0 Å². The normalized spacial score (nSPS) is 10.4. The van der Waals surface area contributed by atoms with Gasteiger partial charge in [-0.15, -0.1) is 0 Å². The van der Waals surface area contributed by atoms with Crippen LogP contribution in [0, 0.1) is 24.4 Å². The third kappa shape index (κ3) is 2.87. The van der Waals surface area contributed by atoms with Gasteiger partial charge in [-0.1, -0.05) is 0 Å². The maximum Gasteiger partial charge on any atom is 0.335 e. The van der Waals surface area contributed by atoms with E-state index in [9.17, 15) is 18.0 Å². The van der Waals surface area contributed by atoms with Crippen LogP contribution >= 0.6 is 0 Å². The molecule has 0 aliphatic rings. The monoisotopic (exact) mass is 282 g/mol. The lowest BCUT2D eigenvalue weighted by Gasteiger charge is -2.09.